The molecule has 0 spiro atoms. The minimum Gasteiger partial charge on any atom is -0.496 e. The van der Waals surface area contributed by atoms with Crippen LogP contribution in [0.2, 0.25) is 4.34 Å². The zero-order valence-electron chi connectivity index (χ0n) is 11.5. The highest BCUT2D eigenvalue weighted by Gasteiger charge is 2.23. The van der Waals surface area contributed by atoms with Crippen molar-refractivity contribution in [2.45, 2.75) is 29.5 Å². The third-order valence-electron chi connectivity index (χ3n) is 3.06. The maximum absolute atomic E-state index is 6.30. The van der Waals surface area contributed by atoms with Gasteiger partial charge in [-0.1, -0.05) is 30.7 Å². The van der Waals surface area contributed by atoms with Gasteiger partial charge < -0.3 is 10.5 Å². The molecule has 0 saturated heterocycles. The van der Waals surface area contributed by atoms with Gasteiger partial charge in [-0.05, 0) is 30.7 Å². The van der Waals surface area contributed by atoms with E-state index in [1.165, 1.54) is 4.88 Å². The Morgan fingerprint density at radius 3 is 2.65 bits per heavy atom. The van der Waals surface area contributed by atoms with E-state index in [1.54, 1.807) is 30.2 Å². The summed E-state index contributed by atoms with van der Waals surface area (Å²) in [6.45, 7) is 2.11. The SMILES string of the molecule is CCC(N)C(Sc1ccccc1OC)c1ccc(Cl)s1. The molecule has 0 aliphatic heterocycles. The molecule has 0 amide bonds. The normalized spacial score (nSPS) is 14.0. The second kappa shape index (κ2) is 7.36. The number of thioether (sulfide) groups is 1. The average Bonchev–Trinajstić information content (AvgIpc) is 2.90. The molecule has 5 heteroatoms. The molecule has 0 aliphatic carbocycles. The van der Waals surface area contributed by atoms with Crippen molar-refractivity contribution in [2.24, 2.45) is 5.73 Å². The van der Waals surface area contributed by atoms with Crippen LogP contribution in [0.3, 0.4) is 0 Å². The summed E-state index contributed by atoms with van der Waals surface area (Å²) in [7, 11) is 1.69. The van der Waals surface area contributed by atoms with Crippen molar-refractivity contribution in [2.75, 3.05) is 7.11 Å². The highest BCUT2D eigenvalue weighted by atomic mass is 35.5. The van der Waals surface area contributed by atoms with Crippen LogP contribution in [0.5, 0.6) is 5.75 Å². The summed E-state index contributed by atoms with van der Waals surface area (Å²) in [5.41, 5.74) is 6.30. The van der Waals surface area contributed by atoms with Crippen LogP contribution in [-0.2, 0) is 0 Å². The van der Waals surface area contributed by atoms with Gasteiger partial charge in [-0.2, -0.15) is 0 Å². The van der Waals surface area contributed by atoms with E-state index < -0.39 is 0 Å². The van der Waals surface area contributed by atoms with Crippen molar-refractivity contribution in [1.82, 2.24) is 0 Å². The number of benzene rings is 1. The van der Waals surface area contributed by atoms with Gasteiger partial charge in [-0.25, -0.2) is 0 Å². The van der Waals surface area contributed by atoms with Crippen LogP contribution in [0, 0.1) is 0 Å². The van der Waals surface area contributed by atoms with Crippen LogP contribution in [0.1, 0.15) is 23.5 Å². The van der Waals surface area contributed by atoms with E-state index in [4.69, 9.17) is 22.1 Å². The van der Waals surface area contributed by atoms with Crippen LogP contribution in [0.4, 0.5) is 0 Å². The predicted molar refractivity (Wildman–Crippen MR) is 89.2 cm³/mol. The van der Waals surface area contributed by atoms with Gasteiger partial charge in [0.25, 0.3) is 0 Å². The number of ether oxygens (including phenoxy) is 1. The first-order chi connectivity index (χ1) is 9.65. The first kappa shape index (κ1) is 15.7. The third-order valence-corrected chi connectivity index (χ3v) is 5.97. The number of hydrogen-bond acceptors (Lipinski definition) is 4. The third kappa shape index (κ3) is 3.70. The monoisotopic (exact) mass is 327 g/mol. The van der Waals surface area contributed by atoms with Crippen molar-refractivity contribution in [3.63, 3.8) is 0 Å². The summed E-state index contributed by atoms with van der Waals surface area (Å²) in [4.78, 5) is 2.31. The van der Waals surface area contributed by atoms with E-state index in [0.717, 1.165) is 21.4 Å². The topological polar surface area (TPSA) is 35.2 Å². The van der Waals surface area contributed by atoms with Crippen LogP contribution in [0.15, 0.2) is 41.3 Å². The fraction of sp³-hybridized carbons (Fsp3) is 0.333. The number of nitrogens with two attached hydrogens (primary N) is 1. The number of hydrogen-bond donors (Lipinski definition) is 1. The largest absolute Gasteiger partial charge is 0.496 e. The van der Waals surface area contributed by atoms with Gasteiger partial charge in [-0.15, -0.1) is 23.1 Å². The summed E-state index contributed by atoms with van der Waals surface area (Å²) >= 11 is 9.39. The van der Waals surface area contributed by atoms with Crippen molar-refractivity contribution < 1.29 is 4.74 Å². The van der Waals surface area contributed by atoms with Crippen molar-refractivity contribution in [3.05, 3.63) is 45.6 Å². The second-order valence-electron chi connectivity index (χ2n) is 4.40. The van der Waals surface area contributed by atoms with E-state index in [1.807, 2.05) is 24.3 Å². The molecule has 1 heterocycles. The van der Waals surface area contributed by atoms with E-state index in [-0.39, 0.29) is 11.3 Å². The Labute approximate surface area is 133 Å². The van der Waals surface area contributed by atoms with Crippen LogP contribution >= 0.6 is 34.7 Å². The zero-order valence-corrected chi connectivity index (χ0v) is 13.9. The fourth-order valence-electron chi connectivity index (χ4n) is 1.90. The molecule has 0 radical (unpaired) electrons. The second-order valence-corrected chi connectivity index (χ2v) is 7.33. The lowest BCUT2D eigenvalue weighted by molar-refractivity contribution is 0.404. The van der Waals surface area contributed by atoms with Gasteiger partial charge in [0.15, 0.2) is 0 Å². The Morgan fingerprint density at radius 1 is 1.30 bits per heavy atom. The number of rotatable bonds is 6. The van der Waals surface area contributed by atoms with E-state index >= 15 is 0 Å². The van der Waals surface area contributed by atoms with Crippen LogP contribution < -0.4 is 10.5 Å². The molecular weight excluding hydrogens is 310 g/mol. The lowest BCUT2D eigenvalue weighted by Gasteiger charge is -2.22. The van der Waals surface area contributed by atoms with Gasteiger partial charge in [0.05, 0.1) is 21.6 Å². The summed E-state index contributed by atoms with van der Waals surface area (Å²) in [5.74, 6) is 0.883. The lowest BCUT2D eigenvalue weighted by atomic mass is 10.1. The molecule has 2 N–H and O–H groups in total. The van der Waals surface area contributed by atoms with E-state index in [0.29, 0.717) is 0 Å². The Morgan fingerprint density at radius 2 is 2.05 bits per heavy atom. The Hall–Kier alpha value is -0.680. The highest BCUT2D eigenvalue weighted by molar-refractivity contribution is 7.99. The Balaban J connectivity index is 2.28. The minimum absolute atomic E-state index is 0.0830. The standard InChI is InChI=1S/C15H18ClNOS2/c1-3-10(17)15(13-8-9-14(16)19-13)20-12-7-5-4-6-11(12)18-2/h4-10,15H,3,17H2,1-2H3. The zero-order chi connectivity index (χ0) is 14.5. The molecular formula is C15H18ClNOS2. The fourth-order valence-corrected chi connectivity index (χ4v) is 4.57. The van der Waals surface area contributed by atoms with Gasteiger partial charge in [0.2, 0.25) is 0 Å². The van der Waals surface area contributed by atoms with Gasteiger partial charge in [-0.3, -0.25) is 0 Å². The lowest BCUT2D eigenvalue weighted by Crippen LogP contribution is -2.25. The first-order valence-corrected chi connectivity index (χ1v) is 8.53. The molecule has 0 bridgehead atoms. The number of methoxy groups -OCH3 is 1. The molecule has 2 aromatic rings. The predicted octanol–water partition coefficient (Wildman–Crippen LogP) is 4.98. The Kier molecular flexibility index (Phi) is 5.78. The maximum Gasteiger partial charge on any atom is 0.132 e. The molecule has 0 saturated carbocycles. The summed E-state index contributed by atoms with van der Waals surface area (Å²) in [5, 5.41) is 0.189. The van der Waals surface area contributed by atoms with Gasteiger partial charge >= 0.3 is 0 Å². The van der Waals surface area contributed by atoms with Crippen molar-refractivity contribution >= 4 is 34.7 Å². The number of para-hydroxylation sites is 1. The van der Waals surface area contributed by atoms with E-state index in [2.05, 4.69) is 19.1 Å². The molecule has 2 nitrogen and oxygen atoms in total. The van der Waals surface area contributed by atoms with Gasteiger partial charge in [0.1, 0.15) is 5.75 Å². The van der Waals surface area contributed by atoms with E-state index in [9.17, 15) is 0 Å². The number of thiophene rings is 1. The summed E-state index contributed by atoms with van der Waals surface area (Å²) in [6, 6.07) is 12.1. The molecule has 2 atom stereocenters. The van der Waals surface area contributed by atoms with Crippen molar-refractivity contribution in [1.29, 1.82) is 0 Å². The smallest absolute Gasteiger partial charge is 0.132 e. The Bertz CT molecular complexity index is 558. The molecule has 2 rings (SSSR count). The maximum atomic E-state index is 6.30. The summed E-state index contributed by atoms with van der Waals surface area (Å²) < 4.78 is 6.22. The molecule has 1 aromatic heterocycles. The average molecular weight is 328 g/mol. The molecule has 108 valence electrons. The minimum atomic E-state index is 0.0830. The molecule has 1 aromatic carbocycles. The number of halogens is 1. The van der Waals surface area contributed by atoms with Gasteiger partial charge in [0, 0.05) is 10.9 Å². The molecule has 20 heavy (non-hydrogen) atoms. The first-order valence-electron chi connectivity index (χ1n) is 6.46. The summed E-state index contributed by atoms with van der Waals surface area (Å²) in [6.07, 6.45) is 0.919. The van der Waals surface area contributed by atoms with Crippen LogP contribution in [0.25, 0.3) is 0 Å². The van der Waals surface area contributed by atoms with Crippen LogP contribution in [-0.4, -0.2) is 13.2 Å². The van der Waals surface area contributed by atoms with Crippen molar-refractivity contribution in [3.8, 4) is 5.75 Å². The molecule has 2 unspecified atom stereocenters. The highest BCUT2D eigenvalue weighted by Crippen LogP contribution is 2.44. The molecule has 0 aliphatic rings. The quantitative estimate of drug-likeness (QED) is 0.760. The molecule has 0 fully saturated rings.